The fourth-order valence-corrected chi connectivity index (χ4v) is 2.15. The van der Waals surface area contributed by atoms with Crippen LogP contribution in [0.25, 0.3) is 0 Å². The number of hydrogen-bond donors (Lipinski definition) is 1. The number of ketones is 1. The molecule has 94 valence electrons. The molecule has 0 bridgehead atoms. The summed E-state index contributed by atoms with van der Waals surface area (Å²) in [4.78, 5) is 11.9. The number of benzene rings is 1. The molecule has 0 spiro atoms. The summed E-state index contributed by atoms with van der Waals surface area (Å²) in [7, 11) is 0. The monoisotopic (exact) mass is 257 g/mol. The third-order valence-electron chi connectivity index (χ3n) is 3.11. The molecule has 1 aliphatic rings. The molecule has 0 aromatic heterocycles. The molecule has 0 aliphatic carbocycles. The molecular formula is C13H17ClFNO. The predicted molar refractivity (Wildman–Crippen MR) is 68.2 cm³/mol. The van der Waals surface area contributed by atoms with E-state index in [0.717, 1.165) is 25.9 Å². The average Bonchev–Trinajstić information content (AvgIpc) is 2.31. The van der Waals surface area contributed by atoms with E-state index < -0.39 is 5.82 Å². The van der Waals surface area contributed by atoms with Crippen LogP contribution in [0, 0.1) is 11.7 Å². The minimum atomic E-state index is -0.401. The van der Waals surface area contributed by atoms with Gasteiger partial charge in [0.15, 0.2) is 5.78 Å². The summed E-state index contributed by atoms with van der Waals surface area (Å²) in [5.41, 5.74) is 0.237. The van der Waals surface area contributed by atoms with Gasteiger partial charge < -0.3 is 5.32 Å². The molecule has 1 aromatic carbocycles. The Labute approximate surface area is 107 Å². The lowest BCUT2D eigenvalue weighted by atomic mass is 9.90. The predicted octanol–water partition coefficient (Wildman–Crippen LogP) is 2.82. The number of carbonyl (C=O) groups excluding carboxylic acids is 1. The van der Waals surface area contributed by atoms with Crippen molar-refractivity contribution in [2.45, 2.75) is 19.3 Å². The molecular weight excluding hydrogens is 241 g/mol. The Morgan fingerprint density at radius 1 is 1.29 bits per heavy atom. The molecule has 0 saturated carbocycles. The van der Waals surface area contributed by atoms with E-state index in [2.05, 4.69) is 5.32 Å². The molecule has 0 radical (unpaired) electrons. The molecule has 1 aliphatic heterocycles. The minimum absolute atomic E-state index is 0. The van der Waals surface area contributed by atoms with Crippen molar-refractivity contribution >= 4 is 18.2 Å². The fraction of sp³-hybridized carbons (Fsp3) is 0.462. The van der Waals surface area contributed by atoms with Gasteiger partial charge in [0.2, 0.25) is 0 Å². The van der Waals surface area contributed by atoms with E-state index in [-0.39, 0.29) is 23.8 Å². The van der Waals surface area contributed by atoms with Crippen LogP contribution >= 0.6 is 12.4 Å². The average molecular weight is 258 g/mol. The van der Waals surface area contributed by atoms with Gasteiger partial charge >= 0.3 is 0 Å². The minimum Gasteiger partial charge on any atom is -0.317 e. The number of Topliss-reactive ketones (excluding diaryl/α,β-unsaturated/α-hetero) is 1. The van der Waals surface area contributed by atoms with Crippen molar-refractivity contribution in [2.24, 2.45) is 5.92 Å². The van der Waals surface area contributed by atoms with Gasteiger partial charge in [0.1, 0.15) is 5.82 Å². The number of rotatable bonds is 3. The third-order valence-corrected chi connectivity index (χ3v) is 3.11. The molecule has 2 rings (SSSR count). The van der Waals surface area contributed by atoms with Gasteiger partial charge in [-0.25, -0.2) is 4.39 Å². The van der Waals surface area contributed by atoms with Crippen molar-refractivity contribution in [3.63, 3.8) is 0 Å². The van der Waals surface area contributed by atoms with Gasteiger partial charge in [-0.1, -0.05) is 12.1 Å². The van der Waals surface area contributed by atoms with E-state index in [1.807, 2.05) is 0 Å². The van der Waals surface area contributed by atoms with Crippen molar-refractivity contribution in [1.82, 2.24) is 5.32 Å². The summed E-state index contributed by atoms with van der Waals surface area (Å²) in [6, 6.07) is 6.23. The normalized spacial score (nSPS) is 16.3. The lowest BCUT2D eigenvalue weighted by molar-refractivity contribution is 0.0948. The Kier molecular flexibility index (Phi) is 5.59. The smallest absolute Gasteiger partial charge is 0.166 e. The van der Waals surface area contributed by atoms with Gasteiger partial charge in [0, 0.05) is 6.42 Å². The molecule has 1 fully saturated rings. The van der Waals surface area contributed by atoms with Crippen LogP contribution in [0.3, 0.4) is 0 Å². The molecule has 1 aromatic rings. The van der Waals surface area contributed by atoms with Gasteiger partial charge in [-0.05, 0) is 44.0 Å². The largest absolute Gasteiger partial charge is 0.317 e. The highest BCUT2D eigenvalue weighted by Gasteiger charge is 2.19. The lowest BCUT2D eigenvalue weighted by Gasteiger charge is -2.21. The maximum atomic E-state index is 13.4. The maximum absolute atomic E-state index is 13.4. The van der Waals surface area contributed by atoms with Gasteiger partial charge in [-0.15, -0.1) is 12.4 Å². The summed E-state index contributed by atoms with van der Waals surface area (Å²) in [6.07, 6.45) is 2.50. The SMILES string of the molecule is Cl.O=C(CC1CCNCC1)c1ccccc1F. The first-order valence-electron chi connectivity index (χ1n) is 5.76. The first-order valence-corrected chi connectivity index (χ1v) is 5.76. The highest BCUT2D eigenvalue weighted by atomic mass is 35.5. The van der Waals surface area contributed by atoms with Crippen molar-refractivity contribution in [1.29, 1.82) is 0 Å². The van der Waals surface area contributed by atoms with Crippen molar-refractivity contribution in [3.8, 4) is 0 Å². The van der Waals surface area contributed by atoms with Gasteiger partial charge in [-0.3, -0.25) is 4.79 Å². The number of piperidine rings is 1. The lowest BCUT2D eigenvalue weighted by Crippen LogP contribution is -2.29. The second-order valence-electron chi connectivity index (χ2n) is 4.30. The fourth-order valence-electron chi connectivity index (χ4n) is 2.15. The van der Waals surface area contributed by atoms with E-state index in [1.165, 1.54) is 6.07 Å². The van der Waals surface area contributed by atoms with E-state index >= 15 is 0 Å². The highest BCUT2D eigenvalue weighted by molar-refractivity contribution is 5.96. The molecule has 1 N–H and O–H groups in total. The summed E-state index contributed by atoms with van der Waals surface area (Å²) in [5, 5.41) is 3.25. The Bertz CT molecular complexity index is 377. The topological polar surface area (TPSA) is 29.1 Å². The van der Waals surface area contributed by atoms with Crippen molar-refractivity contribution in [2.75, 3.05) is 13.1 Å². The Hall–Kier alpha value is -0.930. The molecule has 0 unspecified atom stereocenters. The number of halogens is 2. The zero-order valence-corrected chi connectivity index (χ0v) is 10.4. The summed E-state index contributed by atoms with van der Waals surface area (Å²) < 4.78 is 13.4. The number of hydrogen-bond acceptors (Lipinski definition) is 2. The van der Waals surface area contributed by atoms with Crippen LogP contribution in [-0.2, 0) is 0 Å². The van der Waals surface area contributed by atoms with E-state index in [4.69, 9.17) is 0 Å². The van der Waals surface area contributed by atoms with Crippen LogP contribution in [0.15, 0.2) is 24.3 Å². The van der Waals surface area contributed by atoms with E-state index in [0.29, 0.717) is 12.3 Å². The van der Waals surface area contributed by atoms with Gasteiger partial charge in [-0.2, -0.15) is 0 Å². The first-order chi connectivity index (χ1) is 7.77. The molecule has 0 amide bonds. The Morgan fingerprint density at radius 3 is 2.59 bits per heavy atom. The van der Waals surface area contributed by atoms with E-state index in [1.54, 1.807) is 18.2 Å². The molecule has 4 heteroatoms. The first kappa shape index (κ1) is 14.1. The zero-order chi connectivity index (χ0) is 11.4. The van der Waals surface area contributed by atoms with Crippen molar-refractivity contribution in [3.05, 3.63) is 35.6 Å². The van der Waals surface area contributed by atoms with Gasteiger partial charge in [0.25, 0.3) is 0 Å². The molecule has 2 nitrogen and oxygen atoms in total. The second-order valence-corrected chi connectivity index (χ2v) is 4.30. The zero-order valence-electron chi connectivity index (χ0n) is 9.62. The van der Waals surface area contributed by atoms with Crippen molar-refractivity contribution < 1.29 is 9.18 Å². The molecule has 1 saturated heterocycles. The Morgan fingerprint density at radius 2 is 1.94 bits per heavy atom. The van der Waals surface area contributed by atoms with Crippen LogP contribution in [0.4, 0.5) is 4.39 Å². The quantitative estimate of drug-likeness (QED) is 0.844. The summed E-state index contributed by atoms with van der Waals surface area (Å²) >= 11 is 0. The maximum Gasteiger partial charge on any atom is 0.166 e. The molecule has 17 heavy (non-hydrogen) atoms. The standard InChI is InChI=1S/C13H16FNO.ClH/c14-12-4-2-1-3-11(12)13(16)9-10-5-7-15-8-6-10;/h1-4,10,15H,5-9H2;1H. The molecule has 0 atom stereocenters. The van der Waals surface area contributed by atoms with Crippen LogP contribution in [0.2, 0.25) is 0 Å². The highest BCUT2D eigenvalue weighted by Crippen LogP contribution is 2.19. The molecule has 1 heterocycles. The number of nitrogens with one attached hydrogen (secondary N) is 1. The summed E-state index contributed by atoms with van der Waals surface area (Å²) in [5.74, 6) is -0.0557. The third kappa shape index (κ3) is 3.79. The second kappa shape index (κ2) is 6.72. The number of carbonyl (C=O) groups is 1. The van der Waals surface area contributed by atoms with Crippen LogP contribution in [0.5, 0.6) is 0 Å². The Balaban J connectivity index is 0.00000144. The van der Waals surface area contributed by atoms with Crippen LogP contribution < -0.4 is 5.32 Å². The van der Waals surface area contributed by atoms with Crippen LogP contribution in [0.1, 0.15) is 29.6 Å². The van der Waals surface area contributed by atoms with E-state index in [9.17, 15) is 9.18 Å². The van der Waals surface area contributed by atoms with Crippen LogP contribution in [-0.4, -0.2) is 18.9 Å². The van der Waals surface area contributed by atoms with Gasteiger partial charge in [0.05, 0.1) is 5.56 Å². The summed E-state index contributed by atoms with van der Waals surface area (Å²) in [6.45, 7) is 1.93.